The van der Waals surface area contributed by atoms with Gasteiger partial charge in [-0.1, -0.05) is 6.07 Å². The molecular weight excluding hydrogens is 357 g/mol. The van der Waals surface area contributed by atoms with E-state index < -0.39 is 11.7 Å². The number of carbonyl (C=O) groups is 2. The molecule has 1 aliphatic heterocycles. The molecule has 0 radical (unpaired) electrons. The second-order valence-corrected chi connectivity index (χ2v) is 7.03. The van der Waals surface area contributed by atoms with Crippen molar-refractivity contribution in [2.75, 3.05) is 25.0 Å². The first-order valence-corrected chi connectivity index (χ1v) is 9.27. The molecule has 2 heterocycles. The summed E-state index contributed by atoms with van der Waals surface area (Å²) in [5, 5.41) is 5.02. The summed E-state index contributed by atoms with van der Waals surface area (Å²) in [5.41, 5.74) is 1.03. The summed E-state index contributed by atoms with van der Waals surface area (Å²) in [6.07, 6.45) is 1.65. The summed E-state index contributed by atoms with van der Waals surface area (Å²) in [6, 6.07) is 5.47. The van der Waals surface area contributed by atoms with Crippen LogP contribution in [0.4, 0.5) is 9.52 Å². The Morgan fingerprint density at radius 1 is 1.46 bits per heavy atom. The molecule has 3 rings (SSSR count). The molecule has 8 heteroatoms. The van der Waals surface area contributed by atoms with E-state index in [2.05, 4.69) is 10.3 Å². The minimum atomic E-state index is -0.490. The molecule has 1 aromatic heterocycles. The fourth-order valence-electron chi connectivity index (χ4n) is 2.80. The maximum atomic E-state index is 13.5. The second kappa shape index (κ2) is 8.37. The Morgan fingerprint density at radius 3 is 2.96 bits per heavy atom. The smallest absolute Gasteiger partial charge is 0.254 e. The quantitative estimate of drug-likeness (QED) is 0.840. The van der Waals surface area contributed by atoms with Gasteiger partial charge in [-0.05, 0) is 38.0 Å². The number of ether oxygens (including phenoxy) is 1. The van der Waals surface area contributed by atoms with Gasteiger partial charge in [-0.3, -0.25) is 9.59 Å². The van der Waals surface area contributed by atoms with E-state index in [0.29, 0.717) is 18.3 Å². The molecule has 138 valence electrons. The Kier molecular flexibility index (Phi) is 5.95. The molecule has 1 N–H and O–H groups in total. The Morgan fingerprint density at radius 2 is 2.31 bits per heavy atom. The molecule has 1 fully saturated rings. The van der Waals surface area contributed by atoms with Gasteiger partial charge in [-0.2, -0.15) is 0 Å². The predicted octanol–water partition coefficient (Wildman–Crippen LogP) is 2.85. The van der Waals surface area contributed by atoms with Gasteiger partial charge in [0.15, 0.2) is 5.13 Å². The van der Waals surface area contributed by atoms with E-state index >= 15 is 0 Å². The minimum Gasteiger partial charge on any atom is -0.376 e. The van der Waals surface area contributed by atoms with Gasteiger partial charge in [0.25, 0.3) is 5.91 Å². The second-order valence-electron chi connectivity index (χ2n) is 6.17. The van der Waals surface area contributed by atoms with Crippen LogP contribution < -0.4 is 5.32 Å². The summed E-state index contributed by atoms with van der Waals surface area (Å²) < 4.78 is 19.1. The fraction of sp³-hybridized carbons (Fsp3) is 0.389. The lowest BCUT2D eigenvalue weighted by atomic mass is 10.1. The SMILES string of the molecule is Cc1csc(NC(=O)CN(CC2CCCO2)C(=O)c2cccc(F)c2)n1. The lowest BCUT2D eigenvalue weighted by Crippen LogP contribution is -2.42. The van der Waals surface area contributed by atoms with E-state index in [1.54, 1.807) is 0 Å². The molecule has 1 saturated heterocycles. The molecule has 0 saturated carbocycles. The van der Waals surface area contributed by atoms with Gasteiger partial charge in [0, 0.05) is 24.1 Å². The van der Waals surface area contributed by atoms with Crippen LogP contribution in [0.3, 0.4) is 0 Å². The third-order valence-electron chi connectivity index (χ3n) is 4.01. The van der Waals surface area contributed by atoms with Gasteiger partial charge >= 0.3 is 0 Å². The number of aromatic nitrogens is 1. The Hall–Kier alpha value is -2.32. The summed E-state index contributed by atoms with van der Waals surface area (Å²) in [6.45, 7) is 2.63. The average Bonchev–Trinajstić information content (AvgIpc) is 3.25. The molecule has 0 spiro atoms. The van der Waals surface area contributed by atoms with Crippen molar-refractivity contribution < 1.29 is 18.7 Å². The first-order valence-electron chi connectivity index (χ1n) is 8.39. The number of carbonyl (C=O) groups excluding carboxylic acids is 2. The number of thiazole rings is 1. The van der Waals surface area contributed by atoms with Crippen molar-refractivity contribution in [2.24, 2.45) is 0 Å². The van der Waals surface area contributed by atoms with E-state index in [0.717, 1.165) is 18.5 Å². The minimum absolute atomic E-state index is 0.109. The summed E-state index contributed by atoms with van der Waals surface area (Å²) in [4.78, 5) is 30.7. The van der Waals surface area contributed by atoms with Gasteiger partial charge in [0.05, 0.1) is 11.8 Å². The number of nitrogens with one attached hydrogen (secondary N) is 1. The first-order chi connectivity index (χ1) is 12.5. The van der Waals surface area contributed by atoms with E-state index in [4.69, 9.17) is 4.74 Å². The normalized spacial score (nSPS) is 16.5. The fourth-order valence-corrected chi connectivity index (χ4v) is 3.51. The number of aryl methyl sites for hydroxylation is 1. The third kappa shape index (κ3) is 4.86. The number of rotatable bonds is 6. The number of halogens is 1. The van der Waals surface area contributed by atoms with Gasteiger partial charge < -0.3 is 15.0 Å². The van der Waals surface area contributed by atoms with Crippen molar-refractivity contribution >= 4 is 28.3 Å². The van der Waals surface area contributed by atoms with Crippen molar-refractivity contribution in [1.29, 1.82) is 0 Å². The molecular formula is C18H20FN3O3S. The number of benzene rings is 1. The molecule has 1 aliphatic rings. The monoisotopic (exact) mass is 377 g/mol. The van der Waals surface area contributed by atoms with Crippen LogP contribution in [0.25, 0.3) is 0 Å². The largest absolute Gasteiger partial charge is 0.376 e. The van der Waals surface area contributed by atoms with Crippen LogP contribution in [0.1, 0.15) is 28.9 Å². The highest BCUT2D eigenvalue weighted by atomic mass is 32.1. The van der Waals surface area contributed by atoms with Crippen LogP contribution in [0.2, 0.25) is 0 Å². The third-order valence-corrected chi connectivity index (χ3v) is 4.88. The average molecular weight is 377 g/mol. The molecule has 26 heavy (non-hydrogen) atoms. The van der Waals surface area contributed by atoms with Gasteiger partial charge in [-0.25, -0.2) is 9.37 Å². The maximum absolute atomic E-state index is 13.5. The zero-order chi connectivity index (χ0) is 18.5. The Balaban J connectivity index is 1.71. The van der Waals surface area contributed by atoms with Crippen molar-refractivity contribution in [3.05, 3.63) is 46.7 Å². The van der Waals surface area contributed by atoms with Crippen LogP contribution in [0, 0.1) is 12.7 Å². The molecule has 6 nitrogen and oxygen atoms in total. The lowest BCUT2D eigenvalue weighted by molar-refractivity contribution is -0.117. The summed E-state index contributed by atoms with van der Waals surface area (Å²) >= 11 is 1.32. The van der Waals surface area contributed by atoms with Crippen molar-refractivity contribution in [2.45, 2.75) is 25.9 Å². The van der Waals surface area contributed by atoms with E-state index in [9.17, 15) is 14.0 Å². The number of amides is 2. The van der Waals surface area contributed by atoms with Crippen LogP contribution in [0.15, 0.2) is 29.6 Å². The molecule has 0 aliphatic carbocycles. The highest BCUT2D eigenvalue weighted by molar-refractivity contribution is 7.13. The summed E-state index contributed by atoms with van der Waals surface area (Å²) in [7, 11) is 0. The molecule has 2 aromatic rings. The van der Waals surface area contributed by atoms with Crippen molar-refractivity contribution in [3.63, 3.8) is 0 Å². The predicted molar refractivity (Wildman–Crippen MR) is 96.8 cm³/mol. The van der Waals surface area contributed by atoms with E-state index in [1.165, 1.54) is 40.5 Å². The number of nitrogens with zero attached hydrogens (tertiary/aromatic N) is 2. The van der Waals surface area contributed by atoms with Crippen molar-refractivity contribution in [3.8, 4) is 0 Å². The number of hydrogen-bond donors (Lipinski definition) is 1. The molecule has 0 bridgehead atoms. The van der Waals surface area contributed by atoms with Crippen LogP contribution in [-0.4, -0.2) is 47.5 Å². The standard InChI is InChI=1S/C18H20FN3O3S/c1-12-11-26-18(20-12)21-16(23)10-22(9-15-6-3-7-25-15)17(24)13-4-2-5-14(19)8-13/h2,4-5,8,11,15H,3,6-7,9-10H2,1H3,(H,20,21,23). The van der Waals surface area contributed by atoms with Crippen LogP contribution >= 0.6 is 11.3 Å². The molecule has 2 amide bonds. The molecule has 1 aromatic carbocycles. The van der Waals surface area contributed by atoms with E-state index in [-0.39, 0.29) is 24.1 Å². The summed E-state index contributed by atoms with van der Waals surface area (Å²) in [5.74, 6) is -1.23. The number of anilines is 1. The maximum Gasteiger partial charge on any atom is 0.254 e. The highest BCUT2D eigenvalue weighted by Gasteiger charge is 2.25. The zero-order valence-electron chi connectivity index (χ0n) is 14.4. The topological polar surface area (TPSA) is 71.5 Å². The Labute approximate surface area is 155 Å². The van der Waals surface area contributed by atoms with Gasteiger partial charge in [0.1, 0.15) is 12.4 Å². The molecule has 1 atom stereocenters. The van der Waals surface area contributed by atoms with Gasteiger partial charge in [0.2, 0.25) is 5.91 Å². The lowest BCUT2D eigenvalue weighted by Gasteiger charge is -2.25. The van der Waals surface area contributed by atoms with Gasteiger partial charge in [-0.15, -0.1) is 11.3 Å². The molecule has 1 unspecified atom stereocenters. The first kappa shape index (κ1) is 18.5. The van der Waals surface area contributed by atoms with E-state index in [1.807, 2.05) is 12.3 Å². The zero-order valence-corrected chi connectivity index (χ0v) is 15.2. The van der Waals surface area contributed by atoms with Crippen LogP contribution in [-0.2, 0) is 9.53 Å². The highest BCUT2D eigenvalue weighted by Crippen LogP contribution is 2.17. The Bertz CT molecular complexity index is 789. The number of hydrogen-bond acceptors (Lipinski definition) is 5. The van der Waals surface area contributed by atoms with Crippen molar-refractivity contribution in [1.82, 2.24) is 9.88 Å². The van der Waals surface area contributed by atoms with Crippen LogP contribution in [0.5, 0.6) is 0 Å².